The monoisotopic (exact) mass is 266 g/mol. The number of hydrogen-bond donors (Lipinski definition) is 2. The third kappa shape index (κ3) is 4.50. The highest BCUT2D eigenvalue weighted by molar-refractivity contribution is 5.31. The Labute approximate surface area is 102 Å². The Hall–Kier alpha value is -1.34. The zero-order valence-electron chi connectivity index (χ0n) is 9.51. The van der Waals surface area contributed by atoms with Crippen molar-refractivity contribution >= 4 is 0 Å². The number of rotatable bonds is 5. The van der Waals surface area contributed by atoms with Crippen molar-refractivity contribution in [1.82, 2.24) is 0 Å². The van der Waals surface area contributed by atoms with E-state index < -0.39 is 24.0 Å². The molecule has 1 rings (SSSR count). The maximum absolute atomic E-state index is 13.4. The molecule has 1 aromatic carbocycles. The number of hydrogen-bond acceptors (Lipinski definition) is 3. The highest BCUT2D eigenvalue weighted by Gasteiger charge is 2.32. The molecule has 1 aromatic rings. The van der Waals surface area contributed by atoms with Gasteiger partial charge in [0.05, 0.1) is 0 Å². The first-order chi connectivity index (χ1) is 8.33. The second-order valence-electron chi connectivity index (χ2n) is 3.78. The smallest absolute Gasteiger partial charge is 0.403 e. The van der Waals surface area contributed by atoms with Crippen LogP contribution in [0.15, 0.2) is 18.2 Å². The highest BCUT2D eigenvalue weighted by Crippen LogP contribution is 2.28. The summed E-state index contributed by atoms with van der Waals surface area (Å²) in [4.78, 5) is 0. The second kappa shape index (κ2) is 6.01. The topological polar surface area (TPSA) is 61.3 Å². The van der Waals surface area contributed by atoms with E-state index in [9.17, 15) is 17.6 Å². The molecule has 0 aromatic heterocycles. The third-order valence-corrected chi connectivity index (χ3v) is 2.33. The molecular formula is C11H14F4N2O. The molecule has 18 heavy (non-hydrogen) atoms. The molecule has 0 saturated heterocycles. The quantitative estimate of drug-likeness (QED) is 0.805. The van der Waals surface area contributed by atoms with Crippen LogP contribution in [-0.2, 0) is 0 Å². The lowest BCUT2D eigenvalue weighted by Crippen LogP contribution is -2.18. The first kappa shape index (κ1) is 14.7. The number of nitrogens with two attached hydrogens (primary N) is 2. The van der Waals surface area contributed by atoms with E-state index in [1.807, 2.05) is 0 Å². The Morgan fingerprint density at radius 3 is 2.44 bits per heavy atom. The van der Waals surface area contributed by atoms with Gasteiger partial charge in [0.25, 0.3) is 0 Å². The summed E-state index contributed by atoms with van der Waals surface area (Å²) in [6, 6.07) is 2.72. The van der Waals surface area contributed by atoms with Crippen molar-refractivity contribution in [3.8, 4) is 5.75 Å². The van der Waals surface area contributed by atoms with Crippen LogP contribution in [0.2, 0.25) is 0 Å². The van der Waals surface area contributed by atoms with Crippen LogP contribution in [0.1, 0.15) is 24.4 Å². The van der Waals surface area contributed by atoms with Gasteiger partial charge in [-0.2, -0.15) is 0 Å². The van der Waals surface area contributed by atoms with Gasteiger partial charge in [-0.1, -0.05) is 6.07 Å². The predicted octanol–water partition coefficient (Wildman–Crippen LogP) is 2.46. The van der Waals surface area contributed by atoms with Crippen molar-refractivity contribution in [3.05, 3.63) is 29.6 Å². The minimum absolute atomic E-state index is 0.412. The fourth-order valence-electron chi connectivity index (χ4n) is 1.46. The van der Waals surface area contributed by atoms with Gasteiger partial charge in [-0.15, -0.1) is 13.2 Å². The Morgan fingerprint density at radius 1 is 1.28 bits per heavy atom. The minimum Gasteiger partial charge on any atom is -0.403 e. The van der Waals surface area contributed by atoms with Crippen molar-refractivity contribution < 1.29 is 22.3 Å². The molecule has 7 heteroatoms. The van der Waals surface area contributed by atoms with E-state index in [4.69, 9.17) is 11.5 Å². The second-order valence-corrected chi connectivity index (χ2v) is 3.78. The SMILES string of the molecule is NCCC[C@H](N)c1ccc(OC(F)(F)F)c(F)c1. The summed E-state index contributed by atoms with van der Waals surface area (Å²) < 4.78 is 52.6. The Morgan fingerprint density at radius 2 is 1.94 bits per heavy atom. The lowest BCUT2D eigenvalue weighted by Gasteiger charge is -2.14. The highest BCUT2D eigenvalue weighted by atomic mass is 19.4. The van der Waals surface area contributed by atoms with E-state index in [2.05, 4.69) is 4.74 Å². The van der Waals surface area contributed by atoms with Crippen molar-refractivity contribution in [1.29, 1.82) is 0 Å². The molecule has 0 aliphatic rings. The lowest BCUT2D eigenvalue weighted by molar-refractivity contribution is -0.275. The zero-order valence-corrected chi connectivity index (χ0v) is 9.51. The fourth-order valence-corrected chi connectivity index (χ4v) is 1.46. The third-order valence-electron chi connectivity index (χ3n) is 2.33. The number of benzene rings is 1. The van der Waals surface area contributed by atoms with Gasteiger partial charge in [-0.05, 0) is 37.1 Å². The summed E-state index contributed by atoms with van der Waals surface area (Å²) in [6.07, 6.45) is -3.72. The molecule has 0 aliphatic heterocycles. The molecule has 0 spiro atoms. The van der Waals surface area contributed by atoms with Gasteiger partial charge in [0.1, 0.15) is 0 Å². The molecule has 0 radical (unpaired) electrons. The van der Waals surface area contributed by atoms with Crippen LogP contribution in [0.25, 0.3) is 0 Å². The van der Waals surface area contributed by atoms with Crippen LogP contribution in [0, 0.1) is 5.82 Å². The molecule has 4 N–H and O–H groups in total. The Kier molecular flexibility index (Phi) is 4.92. The van der Waals surface area contributed by atoms with Crippen LogP contribution in [0.4, 0.5) is 17.6 Å². The Balaban J connectivity index is 2.79. The van der Waals surface area contributed by atoms with Crippen LogP contribution in [-0.4, -0.2) is 12.9 Å². The minimum atomic E-state index is -4.91. The van der Waals surface area contributed by atoms with Crippen LogP contribution < -0.4 is 16.2 Å². The average Bonchev–Trinajstić information content (AvgIpc) is 2.27. The first-order valence-electron chi connectivity index (χ1n) is 5.34. The average molecular weight is 266 g/mol. The van der Waals surface area contributed by atoms with Crippen molar-refractivity contribution in [2.45, 2.75) is 25.2 Å². The molecule has 1 atom stereocenters. The largest absolute Gasteiger partial charge is 0.573 e. The van der Waals surface area contributed by atoms with E-state index in [-0.39, 0.29) is 0 Å². The maximum Gasteiger partial charge on any atom is 0.573 e. The molecule has 0 amide bonds. The summed E-state index contributed by atoms with van der Waals surface area (Å²) >= 11 is 0. The molecule has 0 aliphatic carbocycles. The summed E-state index contributed by atoms with van der Waals surface area (Å²) in [5.41, 5.74) is 11.5. The van der Waals surface area contributed by atoms with Crippen LogP contribution >= 0.6 is 0 Å². The van der Waals surface area contributed by atoms with Crippen LogP contribution in [0.5, 0.6) is 5.75 Å². The fraction of sp³-hybridized carbons (Fsp3) is 0.455. The molecular weight excluding hydrogens is 252 g/mol. The van der Waals surface area contributed by atoms with Gasteiger partial charge in [0.15, 0.2) is 11.6 Å². The summed E-state index contributed by atoms with van der Waals surface area (Å²) in [5.74, 6) is -1.95. The standard InChI is InChI=1S/C11H14F4N2O/c12-8-6-7(9(17)2-1-5-16)3-4-10(8)18-11(13,14)15/h3-4,6,9H,1-2,5,16-17H2/t9-/m0/s1. The van der Waals surface area contributed by atoms with E-state index >= 15 is 0 Å². The molecule has 0 bridgehead atoms. The van der Waals surface area contributed by atoms with Gasteiger partial charge in [0.2, 0.25) is 0 Å². The number of alkyl halides is 3. The zero-order chi connectivity index (χ0) is 13.8. The molecule has 3 nitrogen and oxygen atoms in total. The van der Waals surface area contributed by atoms with E-state index in [1.54, 1.807) is 0 Å². The van der Waals surface area contributed by atoms with E-state index in [0.29, 0.717) is 24.9 Å². The summed E-state index contributed by atoms with van der Waals surface area (Å²) in [6.45, 7) is 0.450. The van der Waals surface area contributed by atoms with E-state index in [0.717, 1.165) is 12.1 Å². The maximum atomic E-state index is 13.4. The first-order valence-corrected chi connectivity index (χ1v) is 5.34. The molecule has 102 valence electrons. The van der Waals surface area contributed by atoms with Crippen molar-refractivity contribution in [2.75, 3.05) is 6.54 Å². The lowest BCUT2D eigenvalue weighted by atomic mass is 10.0. The molecule has 0 unspecified atom stereocenters. The summed E-state index contributed by atoms with van der Waals surface area (Å²) in [5, 5.41) is 0. The predicted molar refractivity (Wildman–Crippen MR) is 58.3 cm³/mol. The van der Waals surface area contributed by atoms with Gasteiger partial charge >= 0.3 is 6.36 Å². The number of ether oxygens (including phenoxy) is 1. The van der Waals surface area contributed by atoms with Gasteiger partial charge < -0.3 is 16.2 Å². The molecule has 0 saturated carbocycles. The molecule has 0 heterocycles. The Bertz CT molecular complexity index is 395. The summed E-state index contributed by atoms with van der Waals surface area (Å²) in [7, 11) is 0. The number of halogens is 4. The van der Waals surface area contributed by atoms with Gasteiger partial charge in [-0.3, -0.25) is 0 Å². The van der Waals surface area contributed by atoms with E-state index in [1.165, 1.54) is 6.07 Å². The van der Waals surface area contributed by atoms with Crippen molar-refractivity contribution in [3.63, 3.8) is 0 Å². The van der Waals surface area contributed by atoms with Crippen LogP contribution in [0.3, 0.4) is 0 Å². The molecule has 0 fully saturated rings. The van der Waals surface area contributed by atoms with Crippen molar-refractivity contribution in [2.24, 2.45) is 11.5 Å². The van der Waals surface area contributed by atoms with Gasteiger partial charge in [-0.25, -0.2) is 4.39 Å². The van der Waals surface area contributed by atoms with Gasteiger partial charge in [0, 0.05) is 6.04 Å². The normalized spacial score (nSPS) is 13.4.